The Balaban J connectivity index is 1.20. The molecule has 4 fully saturated rings. The van der Waals surface area contributed by atoms with Crippen LogP contribution >= 0.6 is 0 Å². The lowest BCUT2D eigenvalue weighted by atomic mass is 9.86. The van der Waals surface area contributed by atoms with Crippen molar-refractivity contribution in [2.75, 3.05) is 59.8 Å². The van der Waals surface area contributed by atoms with E-state index in [-0.39, 0.29) is 18.6 Å². The Morgan fingerprint density at radius 2 is 1.95 bits per heavy atom. The van der Waals surface area contributed by atoms with Crippen molar-refractivity contribution in [1.29, 1.82) is 0 Å². The highest BCUT2D eigenvalue weighted by Gasteiger charge is 2.44. The van der Waals surface area contributed by atoms with E-state index in [2.05, 4.69) is 33.4 Å². The number of carbonyl (C=O) groups excluding carboxylic acids is 1. The highest BCUT2D eigenvalue weighted by atomic mass is 16.5. The molecule has 2 saturated carbocycles. The fraction of sp³-hybridized carbons (Fsp3) is 0.533. The number of nitrogens with zero attached hydrogens (tertiary/aromatic N) is 3. The second kappa shape index (κ2) is 10.6. The minimum absolute atomic E-state index is 0.107. The van der Waals surface area contributed by atoms with Gasteiger partial charge in [0.05, 0.1) is 30.6 Å². The molecule has 2 aliphatic carbocycles. The van der Waals surface area contributed by atoms with E-state index in [0.717, 1.165) is 56.2 Å². The van der Waals surface area contributed by atoms with Crippen molar-refractivity contribution >= 4 is 28.9 Å². The number of pyridine rings is 1. The van der Waals surface area contributed by atoms with Crippen LogP contribution in [0.15, 0.2) is 48.0 Å². The maximum absolute atomic E-state index is 13.6. The number of rotatable bonds is 7. The van der Waals surface area contributed by atoms with Gasteiger partial charge in [-0.1, -0.05) is 17.7 Å². The number of piperidine rings is 1. The van der Waals surface area contributed by atoms with E-state index in [1.54, 1.807) is 0 Å². The number of carbonyl (C=O) groups is 1. The van der Waals surface area contributed by atoms with Gasteiger partial charge in [-0.25, -0.2) is 4.98 Å². The summed E-state index contributed by atoms with van der Waals surface area (Å²) in [6.45, 7) is 6.41. The molecule has 38 heavy (non-hydrogen) atoms. The van der Waals surface area contributed by atoms with Crippen LogP contribution in [0, 0.1) is 5.41 Å². The van der Waals surface area contributed by atoms with Crippen LogP contribution in [0.5, 0.6) is 0 Å². The van der Waals surface area contributed by atoms with Crippen LogP contribution in [0.3, 0.4) is 0 Å². The number of nitrogens with one attached hydrogen (secondary N) is 2. The molecule has 2 aliphatic heterocycles. The third kappa shape index (κ3) is 5.52. The van der Waals surface area contributed by atoms with Crippen LogP contribution in [0.25, 0.3) is 0 Å². The zero-order valence-electron chi connectivity index (χ0n) is 22.3. The molecule has 1 amide bonds. The maximum atomic E-state index is 13.6. The van der Waals surface area contributed by atoms with E-state index >= 15 is 0 Å². The summed E-state index contributed by atoms with van der Waals surface area (Å²) >= 11 is 0. The van der Waals surface area contributed by atoms with Gasteiger partial charge >= 0.3 is 0 Å². The number of aliphatic hydroxyl groups excluding tert-OH is 1. The first kappa shape index (κ1) is 25.2. The molecule has 1 aromatic carbocycles. The number of ether oxygens (including phenoxy) is 1. The van der Waals surface area contributed by atoms with Gasteiger partial charge in [0.1, 0.15) is 11.6 Å². The lowest BCUT2D eigenvalue weighted by molar-refractivity contribution is 0.0529. The van der Waals surface area contributed by atoms with Gasteiger partial charge in [-0.2, -0.15) is 0 Å². The Bertz CT molecular complexity index is 1190. The standard InChI is InChI=1S/C30H39N5O3/c1-21-20-35(14-16-38-21)28-4-2-3-27(32-28)33-29(37)25-6-5-23(31-24-17-22(18-24)7-15-36)19-26(25)34-12-10-30(8-9-30)11-13-34/h2-7,19,21,24,31,36H,8-18,20H2,1H3,(H,32,33,37)/t21-,24?/m1/s1. The summed E-state index contributed by atoms with van der Waals surface area (Å²) in [6, 6.07) is 12.3. The average molecular weight is 518 g/mol. The van der Waals surface area contributed by atoms with Crippen molar-refractivity contribution in [3.8, 4) is 0 Å². The number of anilines is 4. The van der Waals surface area contributed by atoms with Gasteiger partial charge in [0.2, 0.25) is 0 Å². The molecule has 2 saturated heterocycles. The maximum Gasteiger partial charge on any atom is 0.258 e. The van der Waals surface area contributed by atoms with Crippen molar-refractivity contribution in [1.82, 2.24) is 4.98 Å². The predicted molar refractivity (Wildman–Crippen MR) is 151 cm³/mol. The fourth-order valence-corrected chi connectivity index (χ4v) is 6.06. The largest absolute Gasteiger partial charge is 0.392 e. The lowest BCUT2D eigenvalue weighted by Crippen LogP contribution is -2.41. The monoisotopic (exact) mass is 517 g/mol. The summed E-state index contributed by atoms with van der Waals surface area (Å²) in [4.78, 5) is 23.0. The number of amides is 1. The Hall–Kier alpha value is -3.10. The highest BCUT2D eigenvalue weighted by Crippen LogP contribution is 2.54. The van der Waals surface area contributed by atoms with Gasteiger partial charge in [0.25, 0.3) is 5.91 Å². The number of hydrogen-bond donors (Lipinski definition) is 3. The zero-order chi connectivity index (χ0) is 26.1. The third-order valence-corrected chi connectivity index (χ3v) is 8.67. The molecule has 0 unspecified atom stereocenters. The van der Waals surface area contributed by atoms with Crippen LogP contribution in [-0.2, 0) is 4.74 Å². The molecule has 8 nitrogen and oxygen atoms in total. The molecule has 3 heterocycles. The topological polar surface area (TPSA) is 90.0 Å². The van der Waals surface area contributed by atoms with Crippen LogP contribution in [0.2, 0.25) is 0 Å². The van der Waals surface area contributed by atoms with Gasteiger partial charge in [-0.05, 0) is 81.2 Å². The second-order valence-corrected chi connectivity index (χ2v) is 11.5. The Morgan fingerprint density at radius 1 is 1.13 bits per heavy atom. The van der Waals surface area contributed by atoms with E-state index in [1.807, 2.05) is 36.4 Å². The van der Waals surface area contributed by atoms with Crippen LogP contribution in [0.4, 0.5) is 23.0 Å². The quantitative estimate of drug-likeness (QED) is 0.468. The van der Waals surface area contributed by atoms with E-state index < -0.39 is 0 Å². The summed E-state index contributed by atoms with van der Waals surface area (Å²) < 4.78 is 5.67. The minimum atomic E-state index is -0.130. The van der Waals surface area contributed by atoms with E-state index in [4.69, 9.17) is 14.8 Å². The molecule has 202 valence electrons. The lowest BCUT2D eigenvalue weighted by Gasteiger charge is -2.36. The number of aliphatic hydroxyl groups is 1. The zero-order valence-corrected chi connectivity index (χ0v) is 22.3. The molecule has 2 aromatic rings. The predicted octanol–water partition coefficient (Wildman–Crippen LogP) is 4.43. The number of hydrogen-bond acceptors (Lipinski definition) is 7. The van der Waals surface area contributed by atoms with Crippen molar-refractivity contribution < 1.29 is 14.6 Å². The SMILES string of the molecule is C[C@@H]1CN(c2cccc(NC(=O)c3ccc(NC4CC(=CCO)C4)cc3N3CCC4(CC3)CC4)n2)CCO1. The first-order chi connectivity index (χ1) is 18.5. The molecular weight excluding hydrogens is 478 g/mol. The van der Waals surface area contributed by atoms with E-state index in [1.165, 1.54) is 31.3 Å². The highest BCUT2D eigenvalue weighted by molar-refractivity contribution is 6.08. The third-order valence-electron chi connectivity index (χ3n) is 8.67. The van der Waals surface area contributed by atoms with Crippen molar-refractivity contribution in [3.63, 3.8) is 0 Å². The molecule has 3 N–H and O–H groups in total. The molecule has 0 bridgehead atoms. The minimum Gasteiger partial charge on any atom is -0.392 e. The van der Waals surface area contributed by atoms with Gasteiger partial charge in [0, 0.05) is 37.9 Å². The molecule has 0 radical (unpaired) electrons. The van der Waals surface area contributed by atoms with Crippen molar-refractivity contribution in [3.05, 3.63) is 53.6 Å². The smallest absolute Gasteiger partial charge is 0.258 e. The Labute approximate surface area is 225 Å². The molecule has 6 rings (SSSR count). The normalized spacial score (nSPS) is 24.1. The molecule has 4 aliphatic rings. The summed E-state index contributed by atoms with van der Waals surface area (Å²) in [5, 5.41) is 15.8. The van der Waals surface area contributed by atoms with Crippen molar-refractivity contribution in [2.24, 2.45) is 5.41 Å². The Kier molecular flexibility index (Phi) is 7.01. The molecule has 8 heteroatoms. The Morgan fingerprint density at radius 3 is 2.68 bits per heavy atom. The van der Waals surface area contributed by atoms with Crippen LogP contribution < -0.4 is 20.4 Å². The van der Waals surface area contributed by atoms with E-state index in [9.17, 15) is 4.79 Å². The first-order valence-corrected chi connectivity index (χ1v) is 14.1. The van der Waals surface area contributed by atoms with Gasteiger partial charge in [-0.15, -0.1) is 0 Å². The van der Waals surface area contributed by atoms with Gasteiger partial charge in [-0.3, -0.25) is 4.79 Å². The summed E-state index contributed by atoms with van der Waals surface area (Å²) in [6.07, 6.45) is 9.08. The molecule has 1 aromatic heterocycles. The summed E-state index contributed by atoms with van der Waals surface area (Å²) in [7, 11) is 0. The van der Waals surface area contributed by atoms with Crippen molar-refractivity contribution in [2.45, 2.75) is 57.6 Å². The number of morpholine rings is 1. The number of benzene rings is 1. The van der Waals surface area contributed by atoms with Gasteiger partial charge < -0.3 is 30.3 Å². The first-order valence-electron chi connectivity index (χ1n) is 14.1. The second-order valence-electron chi connectivity index (χ2n) is 11.5. The molecule has 1 atom stereocenters. The fourth-order valence-electron chi connectivity index (χ4n) is 6.06. The van der Waals surface area contributed by atoms with E-state index in [0.29, 0.717) is 29.4 Å². The van der Waals surface area contributed by atoms with Gasteiger partial charge in [0.15, 0.2) is 0 Å². The molecule has 1 spiro atoms. The average Bonchev–Trinajstić information content (AvgIpc) is 3.66. The summed E-state index contributed by atoms with van der Waals surface area (Å²) in [5.74, 6) is 1.29. The summed E-state index contributed by atoms with van der Waals surface area (Å²) in [5.41, 5.74) is 4.58. The van der Waals surface area contributed by atoms with Crippen LogP contribution in [0.1, 0.15) is 55.8 Å². The molecular formula is C30H39N5O3. The van der Waals surface area contributed by atoms with Crippen LogP contribution in [-0.4, -0.2) is 67.5 Å². The number of aromatic nitrogens is 1.